The second kappa shape index (κ2) is 6.05. The molecule has 0 aliphatic carbocycles. The van der Waals surface area contributed by atoms with E-state index < -0.39 is 11.7 Å². The van der Waals surface area contributed by atoms with E-state index in [1.165, 1.54) is 19.2 Å². The summed E-state index contributed by atoms with van der Waals surface area (Å²) < 4.78 is 19.5. The highest BCUT2D eigenvalue weighted by atomic mass is 79.9. The van der Waals surface area contributed by atoms with Crippen LogP contribution < -0.4 is 10.1 Å². The Kier molecular flexibility index (Phi) is 4.39. The van der Waals surface area contributed by atoms with Crippen LogP contribution in [0, 0.1) is 12.7 Å². The van der Waals surface area contributed by atoms with Gasteiger partial charge in [0.1, 0.15) is 11.6 Å². The van der Waals surface area contributed by atoms with Gasteiger partial charge in [-0.25, -0.2) is 4.39 Å². The minimum Gasteiger partial charge on any atom is -0.497 e. The molecule has 104 valence electrons. The van der Waals surface area contributed by atoms with Gasteiger partial charge in [-0.3, -0.25) is 4.79 Å². The van der Waals surface area contributed by atoms with Gasteiger partial charge in [-0.1, -0.05) is 11.6 Å². The number of methoxy groups -OCH3 is 1. The van der Waals surface area contributed by atoms with Crippen molar-refractivity contribution >= 4 is 27.5 Å². The minimum absolute atomic E-state index is 0.0136. The van der Waals surface area contributed by atoms with Gasteiger partial charge in [0, 0.05) is 10.5 Å². The number of anilines is 1. The molecule has 0 saturated heterocycles. The summed E-state index contributed by atoms with van der Waals surface area (Å²) in [4.78, 5) is 12.1. The Balaban J connectivity index is 2.30. The minimum atomic E-state index is -0.549. The molecule has 2 aromatic rings. The second-order valence-corrected chi connectivity index (χ2v) is 5.14. The lowest BCUT2D eigenvalue weighted by Crippen LogP contribution is -2.14. The maximum Gasteiger partial charge on any atom is 0.258 e. The van der Waals surface area contributed by atoms with Gasteiger partial charge >= 0.3 is 0 Å². The van der Waals surface area contributed by atoms with Crippen molar-refractivity contribution in [3.63, 3.8) is 0 Å². The van der Waals surface area contributed by atoms with Crippen molar-refractivity contribution in [2.45, 2.75) is 6.92 Å². The summed E-state index contributed by atoms with van der Waals surface area (Å²) in [5.41, 5.74) is 1.36. The van der Waals surface area contributed by atoms with Crippen LogP contribution in [0.5, 0.6) is 5.75 Å². The van der Waals surface area contributed by atoms with E-state index in [1.54, 1.807) is 31.2 Å². The molecule has 0 saturated carbocycles. The molecule has 0 spiro atoms. The SMILES string of the molecule is COc1ccc(Br)c(NC(=O)c2cc(C)ccc2F)c1. The Hall–Kier alpha value is -1.88. The van der Waals surface area contributed by atoms with Crippen LogP contribution in [0.25, 0.3) is 0 Å². The van der Waals surface area contributed by atoms with Crippen LogP contribution >= 0.6 is 15.9 Å². The summed E-state index contributed by atoms with van der Waals surface area (Å²) in [6.45, 7) is 1.80. The topological polar surface area (TPSA) is 38.3 Å². The molecule has 0 unspecified atom stereocenters. The molecular weight excluding hydrogens is 325 g/mol. The molecule has 0 bridgehead atoms. The monoisotopic (exact) mass is 337 g/mol. The summed E-state index contributed by atoms with van der Waals surface area (Å²) in [5.74, 6) is -0.444. The lowest BCUT2D eigenvalue weighted by Gasteiger charge is -2.10. The van der Waals surface area contributed by atoms with Gasteiger partial charge in [0.05, 0.1) is 18.4 Å². The number of hydrogen-bond donors (Lipinski definition) is 1. The first-order valence-electron chi connectivity index (χ1n) is 5.92. The number of benzene rings is 2. The smallest absolute Gasteiger partial charge is 0.258 e. The molecule has 0 atom stereocenters. The number of nitrogens with one attached hydrogen (secondary N) is 1. The van der Waals surface area contributed by atoms with E-state index in [4.69, 9.17) is 4.74 Å². The van der Waals surface area contributed by atoms with Crippen LogP contribution in [0.3, 0.4) is 0 Å². The van der Waals surface area contributed by atoms with Crippen LogP contribution in [0.2, 0.25) is 0 Å². The summed E-state index contributed by atoms with van der Waals surface area (Å²) in [6, 6.07) is 9.58. The van der Waals surface area contributed by atoms with Crippen molar-refractivity contribution in [2.24, 2.45) is 0 Å². The van der Waals surface area contributed by atoms with Gasteiger partial charge in [0.2, 0.25) is 0 Å². The fourth-order valence-electron chi connectivity index (χ4n) is 1.73. The maximum atomic E-state index is 13.7. The van der Waals surface area contributed by atoms with Crippen molar-refractivity contribution < 1.29 is 13.9 Å². The molecule has 1 N–H and O–H groups in total. The molecule has 20 heavy (non-hydrogen) atoms. The first-order chi connectivity index (χ1) is 9.51. The highest BCUT2D eigenvalue weighted by Crippen LogP contribution is 2.27. The molecule has 0 heterocycles. The van der Waals surface area contributed by atoms with Crippen molar-refractivity contribution in [1.29, 1.82) is 0 Å². The van der Waals surface area contributed by atoms with Crippen LogP contribution in [-0.4, -0.2) is 13.0 Å². The standard InChI is InChI=1S/C15H13BrFNO2/c1-9-3-6-13(17)11(7-9)15(19)18-14-8-10(20-2)4-5-12(14)16/h3-8H,1-2H3,(H,18,19). The van der Waals surface area contributed by atoms with Crippen molar-refractivity contribution in [1.82, 2.24) is 0 Å². The largest absolute Gasteiger partial charge is 0.497 e. The van der Waals surface area contributed by atoms with Gasteiger partial charge in [0.25, 0.3) is 5.91 Å². The fraction of sp³-hybridized carbons (Fsp3) is 0.133. The number of ether oxygens (including phenoxy) is 1. The Labute approximate surface area is 124 Å². The molecule has 2 rings (SSSR count). The summed E-state index contributed by atoms with van der Waals surface area (Å²) in [7, 11) is 1.54. The zero-order chi connectivity index (χ0) is 14.7. The van der Waals surface area contributed by atoms with E-state index in [-0.39, 0.29) is 5.56 Å². The molecule has 5 heteroatoms. The van der Waals surface area contributed by atoms with Crippen LogP contribution in [0.1, 0.15) is 15.9 Å². The van der Waals surface area contributed by atoms with E-state index in [0.29, 0.717) is 15.9 Å². The van der Waals surface area contributed by atoms with Crippen LogP contribution in [0.15, 0.2) is 40.9 Å². The average molecular weight is 338 g/mol. The summed E-state index contributed by atoms with van der Waals surface area (Å²) in [6.07, 6.45) is 0. The lowest BCUT2D eigenvalue weighted by atomic mass is 10.1. The zero-order valence-corrected chi connectivity index (χ0v) is 12.6. The molecule has 0 radical (unpaired) electrons. The van der Waals surface area contributed by atoms with E-state index in [2.05, 4.69) is 21.2 Å². The second-order valence-electron chi connectivity index (χ2n) is 4.28. The molecular formula is C15H13BrFNO2. The highest BCUT2D eigenvalue weighted by Gasteiger charge is 2.13. The third kappa shape index (κ3) is 3.17. The van der Waals surface area contributed by atoms with E-state index in [9.17, 15) is 9.18 Å². The predicted octanol–water partition coefficient (Wildman–Crippen LogP) is 4.16. The number of rotatable bonds is 3. The lowest BCUT2D eigenvalue weighted by molar-refractivity contribution is 0.102. The Morgan fingerprint density at radius 3 is 2.70 bits per heavy atom. The molecule has 0 fully saturated rings. The Morgan fingerprint density at radius 1 is 1.25 bits per heavy atom. The first kappa shape index (κ1) is 14.5. The van der Waals surface area contributed by atoms with Crippen LogP contribution in [-0.2, 0) is 0 Å². The first-order valence-corrected chi connectivity index (χ1v) is 6.71. The number of halogens is 2. The maximum absolute atomic E-state index is 13.7. The van der Waals surface area contributed by atoms with Crippen molar-refractivity contribution in [3.05, 3.63) is 57.8 Å². The number of hydrogen-bond acceptors (Lipinski definition) is 2. The molecule has 1 amide bonds. The van der Waals surface area contributed by atoms with E-state index >= 15 is 0 Å². The highest BCUT2D eigenvalue weighted by molar-refractivity contribution is 9.10. The molecule has 0 aliphatic heterocycles. The van der Waals surface area contributed by atoms with Gasteiger partial charge in [-0.2, -0.15) is 0 Å². The number of amides is 1. The van der Waals surface area contributed by atoms with Gasteiger partial charge in [-0.15, -0.1) is 0 Å². The Morgan fingerprint density at radius 2 is 2.00 bits per heavy atom. The molecule has 3 nitrogen and oxygen atoms in total. The number of aryl methyl sites for hydroxylation is 1. The van der Waals surface area contributed by atoms with E-state index in [0.717, 1.165) is 5.56 Å². The van der Waals surface area contributed by atoms with Gasteiger partial charge in [-0.05, 0) is 47.1 Å². The summed E-state index contributed by atoms with van der Waals surface area (Å²) >= 11 is 3.33. The molecule has 2 aromatic carbocycles. The van der Waals surface area contributed by atoms with Gasteiger partial charge < -0.3 is 10.1 Å². The predicted molar refractivity (Wildman–Crippen MR) is 79.8 cm³/mol. The molecule has 0 aliphatic rings. The molecule has 0 aromatic heterocycles. The third-order valence-electron chi connectivity index (χ3n) is 2.79. The normalized spacial score (nSPS) is 10.2. The zero-order valence-electron chi connectivity index (χ0n) is 11.0. The average Bonchev–Trinajstić information content (AvgIpc) is 2.43. The van der Waals surface area contributed by atoms with E-state index in [1.807, 2.05) is 0 Å². The summed E-state index contributed by atoms with van der Waals surface area (Å²) in [5, 5.41) is 2.66. The quantitative estimate of drug-likeness (QED) is 0.913. The van der Waals surface area contributed by atoms with Crippen LogP contribution in [0.4, 0.5) is 10.1 Å². The van der Waals surface area contributed by atoms with Crippen molar-refractivity contribution in [3.8, 4) is 5.75 Å². The number of carbonyl (C=O) groups excluding carboxylic acids is 1. The Bertz CT molecular complexity index is 658. The fourth-order valence-corrected chi connectivity index (χ4v) is 2.08. The van der Waals surface area contributed by atoms with Crippen molar-refractivity contribution in [2.75, 3.05) is 12.4 Å². The number of carbonyl (C=O) groups is 1. The third-order valence-corrected chi connectivity index (χ3v) is 3.48. The van der Waals surface area contributed by atoms with Gasteiger partial charge in [0.15, 0.2) is 0 Å².